The summed E-state index contributed by atoms with van der Waals surface area (Å²) in [5.41, 5.74) is 7.62. The van der Waals surface area contributed by atoms with Crippen LogP contribution in [-0.4, -0.2) is 13.4 Å². The summed E-state index contributed by atoms with van der Waals surface area (Å²) >= 11 is 1.07. The van der Waals surface area contributed by atoms with E-state index in [-0.39, 0.29) is 4.21 Å². The number of hydrogen-bond acceptors (Lipinski definition) is 6. The summed E-state index contributed by atoms with van der Waals surface area (Å²) in [6, 6.07) is 6.35. The summed E-state index contributed by atoms with van der Waals surface area (Å²) in [5, 5.41) is 1.58. The van der Waals surface area contributed by atoms with Gasteiger partial charge in [0.15, 0.2) is 11.5 Å². The number of rotatable bonds is 3. The molecule has 3 aromatic rings. The van der Waals surface area contributed by atoms with Gasteiger partial charge < -0.3 is 10.2 Å². The first-order valence-corrected chi connectivity index (χ1v) is 8.04. The number of fused-ring (bicyclic) bond motifs is 1. The highest BCUT2D eigenvalue weighted by molar-refractivity contribution is 7.94. The molecule has 1 aromatic carbocycles. The Kier molecular flexibility index (Phi) is 2.91. The van der Waals surface area contributed by atoms with Crippen molar-refractivity contribution < 1.29 is 12.8 Å². The molecule has 2 aromatic heterocycles. The standard InChI is InChI=1S/C12H11N3O3S2/c1-7-14-10-5-9(2-3-11(10)18-7)15-20(16,17)12-4-8(13)6-19-12/h2-6,15H,13H2,1H3. The van der Waals surface area contributed by atoms with E-state index < -0.39 is 10.0 Å². The van der Waals surface area contributed by atoms with Crippen molar-refractivity contribution >= 4 is 43.8 Å². The third-order valence-electron chi connectivity index (χ3n) is 2.61. The molecule has 0 aliphatic heterocycles. The molecule has 0 bridgehead atoms. The lowest BCUT2D eigenvalue weighted by Gasteiger charge is -2.05. The zero-order chi connectivity index (χ0) is 14.3. The van der Waals surface area contributed by atoms with Crippen molar-refractivity contribution in [3.8, 4) is 0 Å². The quantitative estimate of drug-likeness (QED) is 0.775. The van der Waals surface area contributed by atoms with Gasteiger partial charge in [-0.15, -0.1) is 11.3 Å². The fraction of sp³-hybridized carbons (Fsp3) is 0.0833. The molecule has 6 nitrogen and oxygen atoms in total. The smallest absolute Gasteiger partial charge is 0.271 e. The van der Waals surface area contributed by atoms with Gasteiger partial charge in [-0.3, -0.25) is 4.72 Å². The molecule has 0 saturated heterocycles. The number of oxazole rings is 1. The number of anilines is 2. The van der Waals surface area contributed by atoms with Crippen LogP contribution in [0.2, 0.25) is 0 Å². The molecule has 0 unspecified atom stereocenters. The molecular weight excluding hydrogens is 298 g/mol. The number of aromatic nitrogens is 1. The second kappa shape index (κ2) is 4.50. The Morgan fingerprint density at radius 3 is 2.85 bits per heavy atom. The van der Waals surface area contributed by atoms with Gasteiger partial charge in [0.05, 0.1) is 5.69 Å². The Bertz CT molecular complexity index is 880. The minimum absolute atomic E-state index is 0.173. The number of benzene rings is 1. The molecule has 0 aliphatic rings. The molecule has 3 rings (SSSR count). The Labute approximate surface area is 119 Å². The molecule has 0 spiro atoms. The maximum absolute atomic E-state index is 12.2. The molecule has 0 atom stereocenters. The molecule has 104 valence electrons. The van der Waals surface area contributed by atoms with Crippen LogP contribution >= 0.6 is 11.3 Å². The van der Waals surface area contributed by atoms with E-state index in [1.807, 2.05) is 0 Å². The Hall–Kier alpha value is -2.06. The summed E-state index contributed by atoms with van der Waals surface area (Å²) in [6.45, 7) is 1.73. The van der Waals surface area contributed by atoms with Gasteiger partial charge in [0.2, 0.25) is 0 Å². The largest absolute Gasteiger partial charge is 0.441 e. The van der Waals surface area contributed by atoms with Crippen LogP contribution in [0.3, 0.4) is 0 Å². The van der Waals surface area contributed by atoms with Gasteiger partial charge in [-0.25, -0.2) is 13.4 Å². The second-order valence-electron chi connectivity index (χ2n) is 4.22. The van der Waals surface area contributed by atoms with Crippen molar-refractivity contribution in [2.75, 3.05) is 10.5 Å². The van der Waals surface area contributed by atoms with E-state index in [4.69, 9.17) is 10.2 Å². The first-order valence-electron chi connectivity index (χ1n) is 5.68. The van der Waals surface area contributed by atoms with E-state index >= 15 is 0 Å². The van der Waals surface area contributed by atoms with Crippen molar-refractivity contribution in [3.05, 3.63) is 35.5 Å². The molecular formula is C12H11N3O3S2. The van der Waals surface area contributed by atoms with Gasteiger partial charge in [0.1, 0.15) is 9.73 Å². The van der Waals surface area contributed by atoms with E-state index in [0.29, 0.717) is 28.4 Å². The number of nitrogens with one attached hydrogen (secondary N) is 1. The number of nitrogens with zero attached hydrogens (tertiary/aromatic N) is 1. The van der Waals surface area contributed by atoms with Crippen molar-refractivity contribution in [1.29, 1.82) is 0 Å². The van der Waals surface area contributed by atoms with Gasteiger partial charge >= 0.3 is 0 Å². The van der Waals surface area contributed by atoms with E-state index in [1.165, 1.54) is 6.07 Å². The first kappa shape index (κ1) is 12.9. The number of thiophene rings is 1. The van der Waals surface area contributed by atoms with Crippen LogP contribution in [0, 0.1) is 6.92 Å². The molecule has 0 aliphatic carbocycles. The fourth-order valence-electron chi connectivity index (χ4n) is 1.78. The van der Waals surface area contributed by atoms with Gasteiger partial charge in [0.25, 0.3) is 10.0 Å². The number of nitrogens with two attached hydrogens (primary N) is 1. The first-order chi connectivity index (χ1) is 9.44. The van der Waals surface area contributed by atoms with Crippen molar-refractivity contribution in [2.45, 2.75) is 11.1 Å². The molecule has 2 heterocycles. The summed E-state index contributed by atoms with van der Waals surface area (Å²) in [5.74, 6) is 0.533. The van der Waals surface area contributed by atoms with Gasteiger partial charge in [0, 0.05) is 18.0 Å². The summed E-state index contributed by atoms with van der Waals surface area (Å²) in [6.07, 6.45) is 0. The summed E-state index contributed by atoms with van der Waals surface area (Å²) in [7, 11) is -3.62. The minimum atomic E-state index is -3.62. The third kappa shape index (κ3) is 2.35. The predicted octanol–water partition coefficient (Wildman–Crippen LogP) is 2.58. The SMILES string of the molecule is Cc1nc2cc(NS(=O)(=O)c3cc(N)cs3)ccc2o1. The van der Waals surface area contributed by atoms with Crippen LogP contribution in [0.25, 0.3) is 11.1 Å². The lowest BCUT2D eigenvalue weighted by atomic mass is 10.3. The molecule has 8 heteroatoms. The van der Waals surface area contributed by atoms with Crippen LogP contribution in [0.15, 0.2) is 38.3 Å². The summed E-state index contributed by atoms with van der Waals surface area (Å²) in [4.78, 5) is 4.16. The Morgan fingerprint density at radius 2 is 2.15 bits per heavy atom. The molecule has 0 fully saturated rings. The lowest BCUT2D eigenvalue weighted by Crippen LogP contribution is -2.11. The van der Waals surface area contributed by atoms with Crippen LogP contribution in [0.1, 0.15) is 5.89 Å². The van der Waals surface area contributed by atoms with Crippen LogP contribution in [0.4, 0.5) is 11.4 Å². The number of sulfonamides is 1. The van der Waals surface area contributed by atoms with Crippen molar-refractivity contribution in [1.82, 2.24) is 4.98 Å². The fourth-order valence-corrected chi connectivity index (χ4v) is 3.91. The molecule has 3 N–H and O–H groups in total. The lowest BCUT2D eigenvalue weighted by molar-refractivity contribution is 0.561. The van der Waals surface area contributed by atoms with Gasteiger partial charge in [-0.05, 0) is 24.3 Å². The van der Waals surface area contributed by atoms with Crippen molar-refractivity contribution in [3.63, 3.8) is 0 Å². The van der Waals surface area contributed by atoms with Gasteiger partial charge in [-0.2, -0.15) is 0 Å². The zero-order valence-electron chi connectivity index (χ0n) is 10.5. The Morgan fingerprint density at radius 1 is 1.35 bits per heavy atom. The topological polar surface area (TPSA) is 98.2 Å². The second-order valence-corrected chi connectivity index (χ2v) is 7.04. The van der Waals surface area contributed by atoms with E-state index in [0.717, 1.165) is 11.3 Å². The molecule has 0 saturated carbocycles. The van der Waals surface area contributed by atoms with E-state index in [2.05, 4.69) is 9.71 Å². The van der Waals surface area contributed by atoms with E-state index in [1.54, 1.807) is 30.5 Å². The number of aryl methyl sites for hydroxylation is 1. The zero-order valence-corrected chi connectivity index (χ0v) is 12.1. The molecule has 20 heavy (non-hydrogen) atoms. The molecule has 0 amide bonds. The number of hydrogen-bond donors (Lipinski definition) is 2. The average Bonchev–Trinajstić information content (AvgIpc) is 2.93. The van der Waals surface area contributed by atoms with Crippen molar-refractivity contribution in [2.24, 2.45) is 0 Å². The third-order valence-corrected chi connectivity index (χ3v) is 5.45. The Balaban J connectivity index is 1.96. The maximum atomic E-state index is 12.2. The highest BCUT2D eigenvalue weighted by Crippen LogP contribution is 2.26. The minimum Gasteiger partial charge on any atom is -0.441 e. The maximum Gasteiger partial charge on any atom is 0.271 e. The highest BCUT2D eigenvalue weighted by atomic mass is 32.2. The van der Waals surface area contributed by atoms with Crippen LogP contribution in [-0.2, 0) is 10.0 Å². The van der Waals surface area contributed by atoms with Crippen LogP contribution < -0.4 is 10.5 Å². The molecule has 0 radical (unpaired) electrons. The van der Waals surface area contributed by atoms with E-state index in [9.17, 15) is 8.42 Å². The van der Waals surface area contributed by atoms with Crippen LogP contribution in [0.5, 0.6) is 0 Å². The monoisotopic (exact) mass is 309 g/mol. The highest BCUT2D eigenvalue weighted by Gasteiger charge is 2.17. The average molecular weight is 309 g/mol. The number of nitrogen functional groups attached to an aromatic ring is 1. The summed E-state index contributed by atoms with van der Waals surface area (Å²) < 4.78 is 32.3. The van der Waals surface area contributed by atoms with Gasteiger partial charge in [-0.1, -0.05) is 0 Å². The normalized spacial score (nSPS) is 11.8. The predicted molar refractivity (Wildman–Crippen MR) is 78.3 cm³/mol.